The number of aromatic nitrogens is 3. The van der Waals surface area contributed by atoms with Gasteiger partial charge in [0.05, 0.1) is 0 Å². The minimum Gasteiger partial charge on any atom is -0.258 e. The van der Waals surface area contributed by atoms with Crippen LogP contribution in [0.15, 0.2) is 35.5 Å². The van der Waals surface area contributed by atoms with Crippen LogP contribution in [0, 0.1) is 0 Å². The van der Waals surface area contributed by atoms with Crippen LogP contribution in [0.3, 0.4) is 0 Å². The van der Waals surface area contributed by atoms with Gasteiger partial charge in [0.15, 0.2) is 5.82 Å². The van der Waals surface area contributed by atoms with Crippen molar-refractivity contribution in [3.63, 3.8) is 0 Å². The summed E-state index contributed by atoms with van der Waals surface area (Å²) in [7, 11) is 3.54. The van der Waals surface area contributed by atoms with Gasteiger partial charge >= 0.3 is 0 Å². The Labute approximate surface area is 160 Å². The predicted octanol–water partition coefficient (Wildman–Crippen LogP) is 7.13. The van der Waals surface area contributed by atoms with E-state index in [-0.39, 0.29) is 0 Å². The molecule has 138 valence electrons. The van der Waals surface area contributed by atoms with Gasteiger partial charge in [-0.1, -0.05) is 106 Å². The Morgan fingerprint density at radius 3 is 2.16 bits per heavy atom. The Kier molecular flexibility index (Phi) is 10.8. The number of rotatable bonds is 14. The average molecular weight is 378 g/mol. The largest absolute Gasteiger partial charge is 0.258 e. The number of aromatic amines is 1. The molecule has 1 N–H and O–H groups in total. The molecule has 0 aliphatic heterocycles. The summed E-state index contributed by atoms with van der Waals surface area (Å²) < 4.78 is 0. The van der Waals surface area contributed by atoms with Crippen molar-refractivity contribution in [3.8, 4) is 11.4 Å². The van der Waals surface area contributed by atoms with Crippen molar-refractivity contribution in [3.05, 3.63) is 30.3 Å². The molecule has 0 bridgehead atoms. The lowest BCUT2D eigenvalue weighted by Crippen LogP contribution is -1.83. The lowest BCUT2D eigenvalue weighted by Gasteiger charge is -2.02. The van der Waals surface area contributed by atoms with E-state index in [2.05, 4.69) is 22.1 Å². The predicted molar refractivity (Wildman–Crippen MR) is 112 cm³/mol. The number of benzene rings is 1. The summed E-state index contributed by atoms with van der Waals surface area (Å²) in [5.74, 6) is 2.03. The van der Waals surface area contributed by atoms with Gasteiger partial charge in [-0.25, -0.2) is 4.98 Å². The molecule has 0 amide bonds. The molecule has 0 unspecified atom stereocenters. The van der Waals surface area contributed by atoms with E-state index in [1.54, 1.807) is 10.8 Å². The number of unbranched alkanes of at least 4 members (excludes halogenated alkanes) is 9. The van der Waals surface area contributed by atoms with Crippen LogP contribution in [0.2, 0.25) is 0 Å². The second-order valence-electron chi connectivity index (χ2n) is 6.42. The minimum atomic E-state index is 0.830. The average Bonchev–Trinajstić information content (AvgIpc) is 3.12. The van der Waals surface area contributed by atoms with E-state index in [1.807, 2.05) is 41.1 Å². The molecule has 0 atom stereocenters. The lowest BCUT2D eigenvalue weighted by molar-refractivity contribution is 0.563. The molecule has 0 radical (unpaired) electrons. The highest BCUT2D eigenvalue weighted by Gasteiger charge is 2.05. The molecule has 5 heteroatoms. The second-order valence-corrected chi connectivity index (χ2v) is 8.80. The topological polar surface area (TPSA) is 41.6 Å². The van der Waals surface area contributed by atoms with Crippen molar-refractivity contribution >= 4 is 21.6 Å². The molecule has 25 heavy (non-hydrogen) atoms. The summed E-state index contributed by atoms with van der Waals surface area (Å²) in [5.41, 5.74) is 1.08. The number of nitrogens with one attached hydrogen (secondary N) is 1. The molecule has 2 aromatic rings. The van der Waals surface area contributed by atoms with Gasteiger partial charge in [-0.05, 0) is 17.2 Å². The molecule has 0 saturated carbocycles. The van der Waals surface area contributed by atoms with Crippen LogP contribution in [-0.4, -0.2) is 20.9 Å². The van der Waals surface area contributed by atoms with Gasteiger partial charge in [-0.3, -0.25) is 5.10 Å². The fraction of sp³-hybridized carbons (Fsp3) is 0.600. The molecule has 1 aromatic carbocycles. The van der Waals surface area contributed by atoms with E-state index >= 15 is 0 Å². The van der Waals surface area contributed by atoms with Crippen LogP contribution in [0.1, 0.15) is 71.1 Å². The van der Waals surface area contributed by atoms with Crippen LogP contribution in [0.25, 0.3) is 11.4 Å². The van der Waals surface area contributed by atoms with Crippen molar-refractivity contribution in [2.75, 3.05) is 5.75 Å². The molecule has 0 fully saturated rings. The van der Waals surface area contributed by atoms with E-state index in [9.17, 15) is 0 Å². The Balaban J connectivity index is 1.45. The number of hydrogen-bond donors (Lipinski definition) is 1. The first-order chi connectivity index (χ1) is 12.4. The Hall–Kier alpha value is -0.940. The Morgan fingerprint density at radius 1 is 0.840 bits per heavy atom. The van der Waals surface area contributed by atoms with Gasteiger partial charge in [0.1, 0.15) is 0 Å². The molecule has 1 heterocycles. The first-order valence-corrected chi connectivity index (χ1v) is 12.0. The SMILES string of the molecule is CCCCCCCCCCCCSSc1n[nH]c(-c2ccccc2)n1. The molecule has 0 saturated heterocycles. The molecular formula is C20H31N3S2. The van der Waals surface area contributed by atoms with Gasteiger partial charge in [0.25, 0.3) is 0 Å². The smallest absolute Gasteiger partial charge is 0.219 e. The van der Waals surface area contributed by atoms with Crippen LogP contribution < -0.4 is 0 Å². The summed E-state index contributed by atoms with van der Waals surface area (Å²) in [5, 5.41) is 8.14. The van der Waals surface area contributed by atoms with Crippen LogP contribution in [-0.2, 0) is 0 Å². The first kappa shape index (κ1) is 20.4. The normalized spacial score (nSPS) is 11.1. The quantitative estimate of drug-likeness (QED) is 0.281. The van der Waals surface area contributed by atoms with Gasteiger partial charge in [0.2, 0.25) is 5.16 Å². The third-order valence-electron chi connectivity index (χ3n) is 4.23. The highest BCUT2D eigenvalue weighted by atomic mass is 33.1. The third kappa shape index (κ3) is 8.82. The van der Waals surface area contributed by atoms with Gasteiger partial charge in [-0.2, -0.15) is 0 Å². The van der Waals surface area contributed by atoms with E-state index in [4.69, 9.17) is 0 Å². The molecule has 3 nitrogen and oxygen atoms in total. The Morgan fingerprint density at radius 2 is 1.48 bits per heavy atom. The minimum absolute atomic E-state index is 0.830. The highest BCUT2D eigenvalue weighted by Crippen LogP contribution is 2.30. The second kappa shape index (κ2) is 13.3. The zero-order valence-corrected chi connectivity index (χ0v) is 17.0. The third-order valence-corrected chi connectivity index (χ3v) is 6.43. The maximum Gasteiger partial charge on any atom is 0.219 e. The Bertz CT molecular complexity index is 557. The summed E-state index contributed by atoms with van der Waals surface area (Å²) in [6.07, 6.45) is 13.9. The number of nitrogens with zero attached hydrogens (tertiary/aromatic N) is 2. The van der Waals surface area contributed by atoms with Crippen molar-refractivity contribution in [1.29, 1.82) is 0 Å². The number of hydrogen-bond acceptors (Lipinski definition) is 4. The van der Waals surface area contributed by atoms with Gasteiger partial charge < -0.3 is 0 Å². The maximum absolute atomic E-state index is 4.54. The summed E-state index contributed by atoms with van der Waals surface area (Å²) in [6, 6.07) is 10.1. The van der Waals surface area contributed by atoms with Crippen LogP contribution in [0.4, 0.5) is 0 Å². The number of H-pyrrole nitrogens is 1. The summed E-state index contributed by atoms with van der Waals surface area (Å²) in [6.45, 7) is 2.28. The monoisotopic (exact) mass is 377 g/mol. The van der Waals surface area contributed by atoms with Crippen molar-refractivity contribution in [2.24, 2.45) is 0 Å². The molecule has 0 spiro atoms. The van der Waals surface area contributed by atoms with E-state index in [0.717, 1.165) is 16.5 Å². The zero-order valence-electron chi connectivity index (χ0n) is 15.4. The van der Waals surface area contributed by atoms with E-state index < -0.39 is 0 Å². The van der Waals surface area contributed by atoms with Crippen molar-refractivity contribution in [2.45, 2.75) is 76.3 Å². The summed E-state index contributed by atoms with van der Waals surface area (Å²) >= 11 is 0. The van der Waals surface area contributed by atoms with Crippen molar-refractivity contribution in [1.82, 2.24) is 15.2 Å². The van der Waals surface area contributed by atoms with E-state index in [1.165, 1.54) is 70.0 Å². The van der Waals surface area contributed by atoms with E-state index in [0.29, 0.717) is 0 Å². The fourth-order valence-corrected chi connectivity index (χ4v) is 4.62. The maximum atomic E-state index is 4.54. The molecule has 0 aliphatic carbocycles. The molecule has 0 aliphatic rings. The summed E-state index contributed by atoms with van der Waals surface area (Å²) in [4.78, 5) is 4.54. The highest BCUT2D eigenvalue weighted by molar-refractivity contribution is 8.76. The standard InChI is InChI=1S/C20H31N3S2/c1-2-3-4-5-6-7-8-9-10-14-17-24-25-20-21-19(22-23-20)18-15-12-11-13-16-18/h11-13,15-16H,2-10,14,17H2,1H3,(H,21,22,23). The zero-order chi connectivity index (χ0) is 17.6. The van der Waals surface area contributed by atoms with Crippen LogP contribution in [0.5, 0.6) is 0 Å². The molecule has 1 aromatic heterocycles. The fourth-order valence-electron chi connectivity index (χ4n) is 2.75. The van der Waals surface area contributed by atoms with Gasteiger partial charge in [-0.15, -0.1) is 5.10 Å². The van der Waals surface area contributed by atoms with Gasteiger partial charge in [0, 0.05) is 11.3 Å². The molecule has 2 rings (SSSR count). The van der Waals surface area contributed by atoms with Crippen molar-refractivity contribution < 1.29 is 0 Å². The first-order valence-electron chi connectivity index (χ1n) is 9.67. The lowest BCUT2D eigenvalue weighted by atomic mass is 10.1. The van der Waals surface area contributed by atoms with Crippen LogP contribution >= 0.6 is 21.6 Å². The molecular weight excluding hydrogens is 346 g/mol.